The summed E-state index contributed by atoms with van der Waals surface area (Å²) in [4.78, 5) is 23.2. The molecule has 0 unspecified atom stereocenters. The summed E-state index contributed by atoms with van der Waals surface area (Å²) in [5.41, 5.74) is 9.20. The summed E-state index contributed by atoms with van der Waals surface area (Å²) < 4.78 is 41.3. The number of carbonyl (C=O) groups is 1. The number of nitrogens with zero attached hydrogens (tertiary/aromatic N) is 3. The third kappa shape index (κ3) is 7.13. The molecule has 0 aliphatic heterocycles. The van der Waals surface area contributed by atoms with E-state index in [1.165, 1.54) is 26.4 Å². The molecule has 5 rings (SSSR count). The Morgan fingerprint density at radius 2 is 1.43 bits per heavy atom. The van der Waals surface area contributed by atoms with Crippen molar-refractivity contribution in [2.24, 2.45) is 5.73 Å². The Hall–Kier alpha value is -5.36. The number of carbonyl (C=O) groups excluding carboxylic acids is 1. The lowest BCUT2D eigenvalue weighted by Crippen LogP contribution is -2.32. The molecule has 1 amide bonds. The lowest BCUT2D eigenvalue weighted by Gasteiger charge is -2.31. The summed E-state index contributed by atoms with van der Waals surface area (Å²) in [6, 6.07) is 26.3. The van der Waals surface area contributed by atoms with Crippen molar-refractivity contribution in [3.8, 4) is 11.5 Å². The summed E-state index contributed by atoms with van der Waals surface area (Å²) in [5.74, 6) is 0.652. The van der Waals surface area contributed by atoms with Gasteiger partial charge in [0.2, 0.25) is 5.91 Å². The Labute approximate surface area is 268 Å². The van der Waals surface area contributed by atoms with Crippen molar-refractivity contribution in [3.63, 3.8) is 0 Å². The number of hydrogen-bond donors (Lipinski definition) is 3. The zero-order valence-electron chi connectivity index (χ0n) is 26.2. The van der Waals surface area contributed by atoms with Crippen molar-refractivity contribution in [1.82, 2.24) is 9.97 Å². The minimum absolute atomic E-state index is 0.0158. The van der Waals surface area contributed by atoms with Gasteiger partial charge in [0.25, 0.3) is 10.0 Å². The number of anilines is 5. The molecule has 5 aromatic rings. The van der Waals surface area contributed by atoms with Crippen LogP contribution in [0, 0.1) is 0 Å². The van der Waals surface area contributed by atoms with Crippen molar-refractivity contribution in [3.05, 3.63) is 96.6 Å². The van der Waals surface area contributed by atoms with Crippen molar-refractivity contribution in [1.29, 1.82) is 0 Å². The van der Waals surface area contributed by atoms with Crippen LogP contribution in [0.15, 0.2) is 95.9 Å². The topological polar surface area (TPSA) is 149 Å². The van der Waals surface area contributed by atoms with Crippen LogP contribution in [-0.2, 0) is 20.2 Å². The van der Waals surface area contributed by atoms with E-state index in [1.807, 2.05) is 30.3 Å². The number of fused-ring (bicyclic) bond motifs is 1. The van der Waals surface area contributed by atoms with E-state index in [4.69, 9.17) is 15.2 Å². The number of amides is 1. The van der Waals surface area contributed by atoms with Crippen LogP contribution < -0.4 is 30.1 Å². The van der Waals surface area contributed by atoms with Crippen molar-refractivity contribution in [2.45, 2.75) is 31.1 Å². The molecule has 12 heteroatoms. The van der Waals surface area contributed by atoms with Crippen LogP contribution in [-0.4, -0.2) is 45.1 Å². The van der Waals surface area contributed by atoms with Crippen molar-refractivity contribution < 1.29 is 22.7 Å². The van der Waals surface area contributed by atoms with Gasteiger partial charge in [-0.1, -0.05) is 57.2 Å². The number of methoxy groups -OCH3 is 2. The Kier molecular flexibility index (Phi) is 9.01. The smallest absolute Gasteiger partial charge is 0.263 e. The van der Waals surface area contributed by atoms with Gasteiger partial charge in [0.1, 0.15) is 18.0 Å². The zero-order chi connectivity index (χ0) is 33.1. The van der Waals surface area contributed by atoms with Crippen LogP contribution in [0.3, 0.4) is 0 Å². The number of benzene rings is 4. The van der Waals surface area contributed by atoms with Gasteiger partial charge in [-0.15, -0.1) is 0 Å². The van der Waals surface area contributed by atoms with E-state index < -0.39 is 15.9 Å². The summed E-state index contributed by atoms with van der Waals surface area (Å²) in [6.45, 7) is 6.04. The monoisotopic (exact) mass is 640 g/mol. The van der Waals surface area contributed by atoms with Gasteiger partial charge in [-0.3, -0.25) is 9.52 Å². The molecule has 0 bridgehead atoms. The molecule has 0 aliphatic carbocycles. The fourth-order valence-corrected chi connectivity index (χ4v) is 6.04. The third-order valence-corrected chi connectivity index (χ3v) is 8.51. The number of primary amides is 1. The summed E-state index contributed by atoms with van der Waals surface area (Å²) in [6.07, 6.45) is 0. The van der Waals surface area contributed by atoms with Gasteiger partial charge in [0.05, 0.1) is 30.1 Å². The first-order valence-electron chi connectivity index (χ1n) is 14.4. The zero-order valence-corrected chi connectivity index (χ0v) is 27.1. The molecule has 1 aromatic heterocycles. The largest absolute Gasteiger partial charge is 0.497 e. The Morgan fingerprint density at radius 1 is 0.826 bits per heavy atom. The molecule has 0 atom stereocenters. The predicted molar refractivity (Wildman–Crippen MR) is 181 cm³/mol. The normalized spacial score (nSPS) is 11.6. The number of ether oxygens (including phenoxy) is 2. The number of hydrogen-bond acceptors (Lipinski definition) is 9. The molecule has 0 fully saturated rings. The fourth-order valence-electron chi connectivity index (χ4n) is 4.99. The number of sulfonamides is 1. The molecule has 0 radical (unpaired) electrons. The van der Waals surface area contributed by atoms with E-state index in [0.717, 1.165) is 11.3 Å². The van der Waals surface area contributed by atoms with E-state index in [1.54, 1.807) is 53.4 Å². The molecule has 11 nitrogen and oxygen atoms in total. The number of para-hydroxylation sites is 3. The quantitative estimate of drug-likeness (QED) is 0.155. The Bertz CT molecular complexity index is 1990. The molecular formula is C34H36N6O5S. The lowest BCUT2D eigenvalue weighted by atomic mass is 9.85. The Balaban J connectivity index is 1.56. The number of nitrogens with two attached hydrogens (primary N) is 1. The van der Waals surface area contributed by atoms with Gasteiger partial charge in [0.15, 0.2) is 11.6 Å². The van der Waals surface area contributed by atoms with Crippen LogP contribution >= 0.6 is 0 Å². The molecule has 0 saturated heterocycles. The van der Waals surface area contributed by atoms with E-state index in [9.17, 15) is 13.2 Å². The first kappa shape index (κ1) is 32.0. The maximum absolute atomic E-state index is 13.9. The van der Waals surface area contributed by atoms with Gasteiger partial charge in [-0.2, -0.15) is 0 Å². The molecule has 238 valence electrons. The van der Waals surface area contributed by atoms with Gasteiger partial charge < -0.3 is 25.4 Å². The maximum Gasteiger partial charge on any atom is 0.263 e. The minimum atomic E-state index is -4.21. The van der Waals surface area contributed by atoms with E-state index in [0.29, 0.717) is 33.9 Å². The average molecular weight is 641 g/mol. The average Bonchev–Trinajstić information content (AvgIpc) is 3.03. The van der Waals surface area contributed by atoms with Crippen molar-refractivity contribution in [2.75, 3.05) is 35.7 Å². The second-order valence-corrected chi connectivity index (χ2v) is 13.2. The number of nitrogens with one attached hydrogen (secondary N) is 2. The van der Waals surface area contributed by atoms with Crippen molar-refractivity contribution >= 4 is 55.7 Å². The van der Waals surface area contributed by atoms with Gasteiger partial charge in [-0.25, -0.2) is 18.4 Å². The molecular weight excluding hydrogens is 604 g/mol. The summed E-state index contributed by atoms with van der Waals surface area (Å²) in [5, 5.41) is 3.16. The number of rotatable bonds is 11. The predicted octanol–water partition coefficient (Wildman–Crippen LogP) is 6.11. The Morgan fingerprint density at radius 3 is 2.04 bits per heavy atom. The van der Waals surface area contributed by atoms with Crippen LogP contribution in [0.1, 0.15) is 26.3 Å². The molecule has 4 aromatic carbocycles. The van der Waals surface area contributed by atoms with Crippen LogP contribution in [0.5, 0.6) is 11.5 Å². The van der Waals surface area contributed by atoms with Crippen LogP contribution in [0.2, 0.25) is 0 Å². The second kappa shape index (κ2) is 12.9. The molecule has 0 saturated carbocycles. The first-order valence-corrected chi connectivity index (χ1v) is 15.9. The summed E-state index contributed by atoms with van der Waals surface area (Å²) >= 11 is 0. The molecule has 0 aliphatic rings. The van der Waals surface area contributed by atoms with Crippen LogP contribution in [0.4, 0.5) is 28.7 Å². The highest BCUT2D eigenvalue weighted by atomic mass is 32.2. The van der Waals surface area contributed by atoms with Gasteiger partial charge in [-0.05, 0) is 47.4 Å². The molecule has 4 N–H and O–H groups in total. The minimum Gasteiger partial charge on any atom is -0.497 e. The highest BCUT2D eigenvalue weighted by Crippen LogP contribution is 2.37. The standard InChI is InChI=1S/C34H36N6O5S/c1-34(2,3)27-13-6-9-16-30(27)40(21-31(35)41)23-11-10-12-26(19-23)46(42,43)39-33-32(37-28-14-7-8-15-29(28)38-33)36-22-17-24(44-4)20-25(18-22)45-5/h6-20H,21H2,1-5H3,(H2,35,41)(H,36,37)(H,38,39). The number of aromatic nitrogens is 2. The molecule has 0 spiro atoms. The summed E-state index contributed by atoms with van der Waals surface area (Å²) in [7, 11) is -1.14. The SMILES string of the molecule is COc1cc(Nc2nc3ccccc3nc2NS(=O)(=O)c2cccc(N(CC(N)=O)c3ccccc3C(C)(C)C)c2)cc(OC)c1. The van der Waals surface area contributed by atoms with Crippen LogP contribution in [0.25, 0.3) is 11.0 Å². The van der Waals surface area contributed by atoms with E-state index >= 15 is 0 Å². The molecule has 1 heterocycles. The van der Waals surface area contributed by atoms with E-state index in [2.05, 4.69) is 40.8 Å². The molecule has 46 heavy (non-hydrogen) atoms. The maximum atomic E-state index is 13.9. The van der Waals surface area contributed by atoms with Gasteiger partial charge in [0, 0.05) is 35.3 Å². The first-order chi connectivity index (χ1) is 21.9. The second-order valence-electron chi connectivity index (χ2n) is 11.6. The fraction of sp³-hybridized carbons (Fsp3) is 0.206. The third-order valence-electron chi connectivity index (χ3n) is 7.17. The van der Waals surface area contributed by atoms with E-state index in [-0.39, 0.29) is 28.5 Å². The highest BCUT2D eigenvalue weighted by Gasteiger charge is 2.25. The lowest BCUT2D eigenvalue weighted by molar-refractivity contribution is -0.116. The van der Waals surface area contributed by atoms with Gasteiger partial charge >= 0.3 is 0 Å². The highest BCUT2D eigenvalue weighted by molar-refractivity contribution is 7.92.